The SMILES string of the molecule is COc1ccc(CNC(=O)[C@H](Cc2ccccc2)OC(C)=O)cc1. The van der Waals surface area contributed by atoms with E-state index >= 15 is 0 Å². The van der Waals surface area contributed by atoms with E-state index in [1.165, 1.54) is 6.92 Å². The summed E-state index contributed by atoms with van der Waals surface area (Å²) in [6.45, 7) is 1.66. The van der Waals surface area contributed by atoms with Crippen LogP contribution in [-0.4, -0.2) is 25.1 Å². The van der Waals surface area contributed by atoms with Crippen molar-refractivity contribution < 1.29 is 19.1 Å². The zero-order valence-corrected chi connectivity index (χ0v) is 13.8. The van der Waals surface area contributed by atoms with Crippen LogP contribution in [0.2, 0.25) is 0 Å². The summed E-state index contributed by atoms with van der Waals surface area (Å²) in [6.07, 6.45) is -0.502. The standard InChI is InChI=1S/C19H21NO4/c1-14(21)24-18(12-15-6-4-3-5-7-15)19(22)20-13-16-8-10-17(23-2)11-9-16/h3-11,18H,12-13H2,1-2H3,(H,20,22)/t18-/m0/s1. The largest absolute Gasteiger partial charge is 0.497 e. The fraction of sp³-hybridized carbons (Fsp3) is 0.263. The van der Waals surface area contributed by atoms with Gasteiger partial charge in [-0.25, -0.2) is 0 Å². The second-order valence-corrected chi connectivity index (χ2v) is 5.35. The molecule has 24 heavy (non-hydrogen) atoms. The quantitative estimate of drug-likeness (QED) is 0.794. The summed E-state index contributed by atoms with van der Waals surface area (Å²) in [7, 11) is 1.60. The first kappa shape index (κ1) is 17.5. The second kappa shape index (κ2) is 8.72. The summed E-state index contributed by atoms with van der Waals surface area (Å²) in [4.78, 5) is 23.6. The number of hydrogen-bond donors (Lipinski definition) is 1. The highest BCUT2D eigenvalue weighted by Gasteiger charge is 2.21. The van der Waals surface area contributed by atoms with Gasteiger partial charge < -0.3 is 14.8 Å². The monoisotopic (exact) mass is 327 g/mol. The summed E-state index contributed by atoms with van der Waals surface area (Å²) in [6, 6.07) is 16.9. The van der Waals surface area contributed by atoms with Crippen molar-refractivity contribution in [3.63, 3.8) is 0 Å². The van der Waals surface area contributed by atoms with Gasteiger partial charge in [0.15, 0.2) is 6.10 Å². The molecule has 1 amide bonds. The number of hydrogen-bond acceptors (Lipinski definition) is 4. The van der Waals surface area contributed by atoms with E-state index in [0.717, 1.165) is 16.9 Å². The first-order chi connectivity index (χ1) is 11.6. The van der Waals surface area contributed by atoms with E-state index < -0.39 is 12.1 Å². The van der Waals surface area contributed by atoms with E-state index in [2.05, 4.69) is 5.32 Å². The van der Waals surface area contributed by atoms with Crippen LogP contribution in [0.4, 0.5) is 0 Å². The van der Waals surface area contributed by atoms with Gasteiger partial charge in [0.05, 0.1) is 7.11 Å². The Kier molecular flexibility index (Phi) is 6.37. The Hall–Kier alpha value is -2.82. The van der Waals surface area contributed by atoms with Crippen LogP contribution < -0.4 is 10.1 Å². The maximum Gasteiger partial charge on any atom is 0.303 e. The van der Waals surface area contributed by atoms with Gasteiger partial charge in [0.2, 0.25) is 0 Å². The van der Waals surface area contributed by atoms with Gasteiger partial charge in [-0.2, -0.15) is 0 Å². The number of benzene rings is 2. The van der Waals surface area contributed by atoms with E-state index in [9.17, 15) is 9.59 Å². The molecule has 0 aromatic heterocycles. The smallest absolute Gasteiger partial charge is 0.303 e. The predicted octanol–water partition coefficient (Wildman–Crippen LogP) is 2.49. The van der Waals surface area contributed by atoms with Crippen molar-refractivity contribution in [2.24, 2.45) is 0 Å². The van der Waals surface area contributed by atoms with Crippen LogP contribution in [0, 0.1) is 0 Å². The highest BCUT2D eigenvalue weighted by Crippen LogP contribution is 2.11. The number of ether oxygens (including phenoxy) is 2. The molecule has 0 saturated carbocycles. The molecule has 0 radical (unpaired) electrons. The number of amides is 1. The molecule has 1 atom stereocenters. The predicted molar refractivity (Wildman–Crippen MR) is 90.5 cm³/mol. The number of carbonyl (C=O) groups is 2. The third-order valence-electron chi connectivity index (χ3n) is 3.49. The maximum atomic E-state index is 12.4. The van der Waals surface area contributed by atoms with Crippen molar-refractivity contribution in [1.29, 1.82) is 0 Å². The number of carbonyl (C=O) groups excluding carboxylic acids is 2. The Morgan fingerprint density at radius 3 is 2.25 bits per heavy atom. The summed E-state index contributed by atoms with van der Waals surface area (Å²) < 4.78 is 10.3. The lowest BCUT2D eigenvalue weighted by Crippen LogP contribution is -2.38. The van der Waals surface area contributed by atoms with Gasteiger partial charge in [-0.1, -0.05) is 42.5 Å². The summed E-state index contributed by atoms with van der Waals surface area (Å²) in [5.41, 5.74) is 1.87. The fourth-order valence-corrected chi connectivity index (χ4v) is 2.26. The minimum atomic E-state index is -0.844. The number of methoxy groups -OCH3 is 1. The average molecular weight is 327 g/mol. The summed E-state index contributed by atoms with van der Waals surface area (Å²) in [5, 5.41) is 2.81. The highest BCUT2D eigenvalue weighted by molar-refractivity contribution is 5.83. The average Bonchev–Trinajstić information content (AvgIpc) is 2.60. The van der Waals surface area contributed by atoms with Gasteiger partial charge in [0, 0.05) is 19.9 Å². The van der Waals surface area contributed by atoms with Crippen LogP contribution in [0.25, 0.3) is 0 Å². The molecule has 0 spiro atoms. The van der Waals surface area contributed by atoms with Crippen LogP contribution in [0.3, 0.4) is 0 Å². The van der Waals surface area contributed by atoms with Crippen molar-refractivity contribution in [2.45, 2.75) is 26.0 Å². The molecule has 2 aromatic rings. The van der Waals surface area contributed by atoms with Crippen molar-refractivity contribution in [3.8, 4) is 5.75 Å². The van der Waals surface area contributed by atoms with E-state index in [0.29, 0.717) is 13.0 Å². The van der Waals surface area contributed by atoms with Crippen LogP contribution >= 0.6 is 0 Å². The van der Waals surface area contributed by atoms with Gasteiger partial charge >= 0.3 is 5.97 Å². The van der Waals surface area contributed by atoms with Crippen molar-refractivity contribution in [3.05, 3.63) is 65.7 Å². The highest BCUT2D eigenvalue weighted by atomic mass is 16.5. The Balaban J connectivity index is 1.97. The normalized spacial score (nSPS) is 11.4. The first-order valence-electron chi connectivity index (χ1n) is 7.70. The molecule has 2 aromatic carbocycles. The van der Waals surface area contributed by atoms with E-state index in [1.807, 2.05) is 54.6 Å². The molecule has 126 valence electrons. The van der Waals surface area contributed by atoms with Gasteiger partial charge in [0.1, 0.15) is 5.75 Å². The molecule has 5 heteroatoms. The van der Waals surface area contributed by atoms with E-state index in [1.54, 1.807) is 7.11 Å². The molecule has 5 nitrogen and oxygen atoms in total. The fourth-order valence-electron chi connectivity index (χ4n) is 2.26. The zero-order valence-electron chi connectivity index (χ0n) is 13.8. The zero-order chi connectivity index (χ0) is 17.4. The van der Waals surface area contributed by atoms with E-state index in [4.69, 9.17) is 9.47 Å². The van der Waals surface area contributed by atoms with Gasteiger partial charge in [-0.15, -0.1) is 0 Å². The minimum absolute atomic E-state index is 0.315. The first-order valence-corrected chi connectivity index (χ1v) is 7.70. The van der Waals surface area contributed by atoms with Crippen LogP contribution in [0.5, 0.6) is 5.75 Å². The maximum absolute atomic E-state index is 12.4. The molecule has 0 bridgehead atoms. The van der Waals surface area contributed by atoms with Crippen molar-refractivity contribution in [1.82, 2.24) is 5.32 Å². The molecule has 0 aliphatic carbocycles. The topological polar surface area (TPSA) is 64.6 Å². The Morgan fingerprint density at radius 2 is 1.67 bits per heavy atom. The molecule has 0 aliphatic heterocycles. The molecular weight excluding hydrogens is 306 g/mol. The Labute approximate surface area is 141 Å². The number of esters is 1. The number of rotatable bonds is 7. The van der Waals surface area contributed by atoms with Crippen LogP contribution in [0.1, 0.15) is 18.1 Å². The van der Waals surface area contributed by atoms with Crippen molar-refractivity contribution >= 4 is 11.9 Å². The Morgan fingerprint density at radius 1 is 1.00 bits per heavy atom. The van der Waals surface area contributed by atoms with Gasteiger partial charge in [-0.05, 0) is 23.3 Å². The molecule has 0 heterocycles. The minimum Gasteiger partial charge on any atom is -0.497 e. The summed E-state index contributed by atoms with van der Waals surface area (Å²) in [5.74, 6) is -0.0349. The number of nitrogens with one attached hydrogen (secondary N) is 1. The van der Waals surface area contributed by atoms with Gasteiger partial charge in [-0.3, -0.25) is 9.59 Å². The molecule has 0 saturated heterocycles. The molecule has 0 fully saturated rings. The Bertz CT molecular complexity index is 668. The van der Waals surface area contributed by atoms with E-state index in [-0.39, 0.29) is 5.91 Å². The summed E-state index contributed by atoms with van der Waals surface area (Å²) >= 11 is 0. The second-order valence-electron chi connectivity index (χ2n) is 5.35. The molecular formula is C19H21NO4. The van der Waals surface area contributed by atoms with Crippen molar-refractivity contribution in [2.75, 3.05) is 7.11 Å². The lowest BCUT2D eigenvalue weighted by Gasteiger charge is -2.17. The molecule has 2 rings (SSSR count). The van der Waals surface area contributed by atoms with Gasteiger partial charge in [0.25, 0.3) is 5.91 Å². The lowest BCUT2D eigenvalue weighted by molar-refractivity contribution is -0.153. The molecule has 1 N–H and O–H groups in total. The van der Waals surface area contributed by atoms with Crippen LogP contribution in [-0.2, 0) is 27.3 Å². The lowest BCUT2D eigenvalue weighted by atomic mass is 10.1. The van der Waals surface area contributed by atoms with Crippen LogP contribution in [0.15, 0.2) is 54.6 Å². The molecule has 0 unspecified atom stereocenters. The third-order valence-corrected chi connectivity index (χ3v) is 3.49. The third kappa shape index (κ3) is 5.43. The molecule has 0 aliphatic rings.